The predicted octanol–water partition coefficient (Wildman–Crippen LogP) is 4.49. The van der Waals surface area contributed by atoms with E-state index in [9.17, 15) is 13.5 Å². The number of hydrogen-bond donors (Lipinski definition) is 1. The van der Waals surface area contributed by atoms with Crippen molar-refractivity contribution in [1.29, 1.82) is 0 Å². The maximum atomic E-state index is 13.9. The van der Waals surface area contributed by atoms with Crippen molar-refractivity contribution in [1.82, 2.24) is 0 Å². The zero-order valence-corrected chi connectivity index (χ0v) is 19.9. The van der Waals surface area contributed by atoms with Crippen molar-refractivity contribution in [2.24, 2.45) is 0 Å². The maximum absolute atomic E-state index is 13.9. The van der Waals surface area contributed by atoms with Gasteiger partial charge in [0.05, 0.1) is 0 Å². The van der Waals surface area contributed by atoms with Crippen molar-refractivity contribution in [3.63, 3.8) is 0 Å². The van der Waals surface area contributed by atoms with Crippen molar-refractivity contribution in [2.45, 2.75) is 17.9 Å². The Morgan fingerprint density at radius 1 is 0.844 bits per heavy atom. The minimum absolute atomic E-state index is 0.0497. The van der Waals surface area contributed by atoms with Gasteiger partial charge >= 0.3 is 195 Å². The molecule has 162 valence electrons. The van der Waals surface area contributed by atoms with Crippen LogP contribution in [0.1, 0.15) is 23.0 Å². The van der Waals surface area contributed by atoms with Crippen molar-refractivity contribution in [3.05, 3.63) is 125 Å². The first-order valence-electron chi connectivity index (χ1n) is 10.0. The number of aryl methyl sites for hydroxylation is 1. The van der Waals surface area contributed by atoms with Gasteiger partial charge in [0.1, 0.15) is 0 Å². The van der Waals surface area contributed by atoms with Crippen LogP contribution in [0.15, 0.2) is 118 Å². The Labute approximate surface area is 194 Å². The second-order valence-corrected chi connectivity index (χ2v) is 11.4. The Kier molecular flexibility index (Phi) is 6.77. The molecule has 1 atom stereocenters. The first kappa shape index (κ1) is 22.3. The van der Waals surface area contributed by atoms with Gasteiger partial charge in [0.2, 0.25) is 0 Å². The number of aliphatic hydroxyl groups is 1. The van der Waals surface area contributed by atoms with Crippen LogP contribution in [0.3, 0.4) is 0 Å². The number of furan rings is 1. The molecule has 4 aromatic rings. The van der Waals surface area contributed by atoms with E-state index in [-0.39, 0.29) is 30.5 Å². The van der Waals surface area contributed by atoms with E-state index < -0.39 is 15.9 Å². The summed E-state index contributed by atoms with van der Waals surface area (Å²) in [5, 5.41) is 11.3. The molecule has 1 heterocycles. The molecule has 0 saturated heterocycles. The van der Waals surface area contributed by atoms with E-state index in [0.717, 1.165) is 15.6 Å². The summed E-state index contributed by atoms with van der Waals surface area (Å²) in [7, 11) is -4.03. The van der Waals surface area contributed by atoms with Crippen molar-refractivity contribution in [3.8, 4) is 0 Å². The van der Waals surface area contributed by atoms with Crippen LogP contribution < -0.4 is 4.46 Å². The van der Waals surface area contributed by atoms with E-state index in [1.54, 1.807) is 36.4 Å². The van der Waals surface area contributed by atoms with Gasteiger partial charge < -0.3 is 0 Å². The Balaban J connectivity index is 2.00. The molecule has 1 N–H and O–H groups in total. The standard InChI is InChI=1S/C26H22O4SSe/c1-19-14-16-21(17-15-19)31(28,29)25(24(27)23-13-8-18-30-23)26(20-9-4-2-5-10-20)32-22-11-6-3-7-12-22/h2-18,24,27H,1H3/b26-25-. The fraction of sp³-hybridized carbons (Fsp3) is 0.0769. The van der Waals surface area contributed by atoms with Gasteiger partial charge in [-0.05, 0) is 0 Å². The molecule has 0 fully saturated rings. The van der Waals surface area contributed by atoms with Crippen molar-refractivity contribution in [2.75, 3.05) is 0 Å². The Morgan fingerprint density at radius 3 is 2.06 bits per heavy atom. The molecule has 0 aliphatic carbocycles. The van der Waals surface area contributed by atoms with Crippen LogP contribution in [-0.2, 0) is 9.84 Å². The molecule has 0 radical (unpaired) electrons. The van der Waals surface area contributed by atoms with E-state index in [1.165, 1.54) is 6.26 Å². The summed E-state index contributed by atoms with van der Waals surface area (Å²) in [6.07, 6.45) is -0.00348. The summed E-state index contributed by atoms with van der Waals surface area (Å²) in [5.41, 5.74) is 1.71. The zero-order valence-electron chi connectivity index (χ0n) is 17.4. The second kappa shape index (κ2) is 9.72. The number of rotatable bonds is 7. The van der Waals surface area contributed by atoms with Crippen LogP contribution in [-0.4, -0.2) is 28.5 Å². The molecule has 4 rings (SSSR count). The molecule has 3 aromatic carbocycles. The fourth-order valence-corrected chi connectivity index (χ4v) is 7.78. The normalized spacial score (nSPS) is 13.4. The summed E-state index contributed by atoms with van der Waals surface area (Å²) in [5.74, 6) is 0.188. The molecule has 32 heavy (non-hydrogen) atoms. The SMILES string of the molecule is Cc1ccc(S(=O)(=O)/C(=C(\[Se]c2ccccc2)c2ccccc2)C(O)c2ccco2)cc1. The van der Waals surface area contributed by atoms with Crippen LogP contribution in [0.2, 0.25) is 0 Å². The van der Waals surface area contributed by atoms with E-state index >= 15 is 0 Å². The summed E-state index contributed by atoms with van der Waals surface area (Å²) < 4.78 is 34.9. The number of aliphatic hydroxyl groups excluding tert-OH is 1. The Bertz CT molecular complexity index is 1300. The van der Waals surface area contributed by atoms with E-state index in [2.05, 4.69) is 0 Å². The number of hydrogen-bond acceptors (Lipinski definition) is 4. The summed E-state index contributed by atoms with van der Waals surface area (Å²) >= 11 is -0.386. The molecule has 0 saturated carbocycles. The average molecular weight is 509 g/mol. The van der Waals surface area contributed by atoms with Crippen molar-refractivity contribution < 1.29 is 17.9 Å². The van der Waals surface area contributed by atoms with Crippen LogP contribution in [0, 0.1) is 6.92 Å². The second-order valence-electron chi connectivity index (χ2n) is 7.21. The molecular formula is C26H22O4SSe. The summed E-state index contributed by atoms with van der Waals surface area (Å²) in [6, 6.07) is 29.0. The quantitative estimate of drug-likeness (QED) is 0.373. The third-order valence-corrected chi connectivity index (χ3v) is 9.55. The van der Waals surface area contributed by atoms with Crippen LogP contribution in [0.5, 0.6) is 0 Å². The Morgan fingerprint density at radius 2 is 1.47 bits per heavy atom. The van der Waals surface area contributed by atoms with Gasteiger partial charge in [0, 0.05) is 0 Å². The molecule has 1 aromatic heterocycles. The van der Waals surface area contributed by atoms with Crippen LogP contribution >= 0.6 is 0 Å². The van der Waals surface area contributed by atoms with E-state index in [0.29, 0.717) is 4.47 Å². The van der Waals surface area contributed by atoms with Gasteiger partial charge in [-0.25, -0.2) is 0 Å². The molecule has 1 unspecified atom stereocenters. The summed E-state index contributed by atoms with van der Waals surface area (Å²) in [6.45, 7) is 1.90. The van der Waals surface area contributed by atoms with Crippen molar-refractivity contribution >= 4 is 33.7 Å². The molecule has 4 nitrogen and oxygen atoms in total. The molecule has 0 bridgehead atoms. The average Bonchev–Trinajstić information content (AvgIpc) is 3.35. The topological polar surface area (TPSA) is 67.5 Å². The fourth-order valence-electron chi connectivity index (χ4n) is 3.26. The monoisotopic (exact) mass is 510 g/mol. The molecule has 0 spiro atoms. The van der Waals surface area contributed by atoms with E-state index in [4.69, 9.17) is 4.42 Å². The molecule has 0 aliphatic heterocycles. The summed E-state index contributed by atoms with van der Waals surface area (Å²) in [4.78, 5) is 0.0901. The molecular weight excluding hydrogens is 487 g/mol. The molecule has 6 heteroatoms. The minimum atomic E-state index is -4.03. The van der Waals surface area contributed by atoms with Crippen LogP contribution in [0.25, 0.3) is 4.47 Å². The first-order chi connectivity index (χ1) is 15.5. The van der Waals surface area contributed by atoms with E-state index in [1.807, 2.05) is 67.6 Å². The third kappa shape index (κ3) is 4.79. The van der Waals surface area contributed by atoms with Gasteiger partial charge in [-0.3, -0.25) is 0 Å². The molecule has 0 amide bonds. The van der Waals surface area contributed by atoms with Gasteiger partial charge in [-0.1, -0.05) is 0 Å². The van der Waals surface area contributed by atoms with Crippen LogP contribution in [0.4, 0.5) is 0 Å². The Hall–Kier alpha value is -2.89. The zero-order chi connectivity index (χ0) is 22.6. The number of sulfone groups is 1. The molecule has 0 aliphatic rings. The number of benzene rings is 3. The van der Waals surface area contributed by atoms with Gasteiger partial charge in [-0.2, -0.15) is 0 Å². The van der Waals surface area contributed by atoms with Gasteiger partial charge in [-0.15, -0.1) is 0 Å². The predicted molar refractivity (Wildman–Crippen MR) is 127 cm³/mol. The third-order valence-electron chi connectivity index (χ3n) is 4.90. The van der Waals surface area contributed by atoms with Gasteiger partial charge in [0.25, 0.3) is 0 Å². The van der Waals surface area contributed by atoms with Gasteiger partial charge in [0.15, 0.2) is 0 Å². The first-order valence-corrected chi connectivity index (χ1v) is 13.2.